The molecule has 40 heavy (non-hydrogen) atoms. The highest BCUT2D eigenvalue weighted by Crippen LogP contribution is 2.21. The molecule has 0 aliphatic carbocycles. The quantitative estimate of drug-likeness (QED) is 0.172. The highest BCUT2D eigenvalue weighted by atomic mass is 16.6. The Balaban J connectivity index is 3.25. The van der Waals surface area contributed by atoms with Crippen LogP contribution in [0.25, 0.3) is 0 Å². The van der Waals surface area contributed by atoms with E-state index < -0.39 is 70.4 Å². The molecule has 1 aromatic carbocycles. The van der Waals surface area contributed by atoms with Crippen molar-refractivity contribution in [3.05, 3.63) is 56.1 Å². The highest BCUT2D eigenvalue weighted by molar-refractivity contribution is 5.77. The number of hydrogen-bond donors (Lipinski definition) is 2. The number of hydrogen-bond acceptors (Lipinski definition) is 9. The van der Waals surface area contributed by atoms with Gasteiger partial charge in [-0.1, -0.05) is 44.2 Å². The largest absolute Gasteiger partial charge is 0.466 e. The molecule has 0 spiro atoms. The predicted octanol–water partition coefficient (Wildman–Crippen LogP) is 3.39. The molecule has 0 aliphatic rings. The van der Waals surface area contributed by atoms with Crippen LogP contribution < -0.4 is 10.6 Å². The zero-order valence-electron chi connectivity index (χ0n) is 24.1. The summed E-state index contributed by atoms with van der Waals surface area (Å²) in [6, 6.07) is 7.35. The van der Waals surface area contributed by atoms with Crippen LogP contribution >= 0.6 is 0 Å². The van der Waals surface area contributed by atoms with Gasteiger partial charge in [0.1, 0.15) is 5.60 Å². The number of benzene rings is 1. The second kappa shape index (κ2) is 16.4. The lowest BCUT2D eigenvalue weighted by Gasteiger charge is -2.31. The van der Waals surface area contributed by atoms with Crippen molar-refractivity contribution in [2.75, 3.05) is 19.7 Å². The van der Waals surface area contributed by atoms with Crippen LogP contribution in [0.4, 0.5) is 4.79 Å². The first-order valence-electron chi connectivity index (χ1n) is 13.3. The number of nitrogens with one attached hydrogen (secondary N) is 2. The van der Waals surface area contributed by atoms with Crippen molar-refractivity contribution in [3.63, 3.8) is 0 Å². The Morgan fingerprint density at radius 2 is 1.50 bits per heavy atom. The Morgan fingerprint density at radius 1 is 0.925 bits per heavy atom. The Morgan fingerprint density at radius 3 is 2.00 bits per heavy atom. The number of nitrogens with zero attached hydrogens (tertiary/aromatic N) is 2. The number of carbonyl (C=O) groups is 3. The van der Waals surface area contributed by atoms with Crippen LogP contribution in [-0.2, 0) is 25.5 Å². The molecule has 0 saturated heterocycles. The minimum absolute atomic E-state index is 0.101. The third-order valence-electron chi connectivity index (χ3n) is 6.07. The zero-order valence-corrected chi connectivity index (χ0v) is 24.1. The molecule has 0 aliphatic heterocycles. The van der Waals surface area contributed by atoms with E-state index >= 15 is 0 Å². The van der Waals surface area contributed by atoms with E-state index in [1.54, 1.807) is 71.9 Å². The van der Waals surface area contributed by atoms with Gasteiger partial charge >= 0.3 is 12.1 Å². The fourth-order valence-corrected chi connectivity index (χ4v) is 4.44. The average molecular weight is 567 g/mol. The van der Waals surface area contributed by atoms with Gasteiger partial charge in [0.05, 0.1) is 24.9 Å². The molecule has 0 heterocycles. The average Bonchev–Trinajstić information content (AvgIpc) is 2.80. The van der Waals surface area contributed by atoms with E-state index in [2.05, 4.69) is 10.6 Å². The maximum Gasteiger partial charge on any atom is 0.407 e. The van der Waals surface area contributed by atoms with Gasteiger partial charge in [0.15, 0.2) is 0 Å². The van der Waals surface area contributed by atoms with E-state index in [9.17, 15) is 34.6 Å². The molecule has 4 atom stereocenters. The van der Waals surface area contributed by atoms with E-state index in [4.69, 9.17) is 9.47 Å². The normalized spacial score (nSPS) is 14.4. The van der Waals surface area contributed by atoms with Gasteiger partial charge in [0.25, 0.3) is 0 Å². The van der Waals surface area contributed by atoms with Gasteiger partial charge in [-0.2, -0.15) is 0 Å². The number of amides is 2. The van der Waals surface area contributed by atoms with Crippen molar-refractivity contribution in [1.29, 1.82) is 0 Å². The standard InChI is InChI=1S/C27H42N4O9/c1-7-39-24(33)15-20(16-30(35)36)22(13-19-11-9-8-10-12-19)28-23(32)14-21(17-31(37)38)25(18(2)3)29-26(34)40-27(4,5)6/h8-12,18,20-22,25H,7,13-17H2,1-6H3,(H,28,32)(H,29,34)/t20-,21+,22-,25-/m0/s1. The Hall–Kier alpha value is -3.77. The van der Waals surface area contributed by atoms with Crippen LogP contribution in [0.2, 0.25) is 0 Å². The predicted molar refractivity (Wildman–Crippen MR) is 147 cm³/mol. The van der Waals surface area contributed by atoms with Crippen molar-refractivity contribution in [1.82, 2.24) is 10.6 Å². The Kier molecular flexibility index (Phi) is 14.0. The number of ether oxygens (including phenoxy) is 2. The number of alkyl carbamates (subject to hydrolysis) is 1. The van der Waals surface area contributed by atoms with Gasteiger partial charge < -0.3 is 20.1 Å². The fraction of sp³-hybridized carbons (Fsp3) is 0.667. The van der Waals surface area contributed by atoms with Crippen molar-refractivity contribution in [2.45, 2.75) is 78.5 Å². The van der Waals surface area contributed by atoms with Gasteiger partial charge in [-0.25, -0.2) is 4.79 Å². The molecule has 1 rings (SSSR count). The molecule has 224 valence electrons. The molecule has 0 unspecified atom stereocenters. The van der Waals surface area contributed by atoms with Crippen molar-refractivity contribution >= 4 is 18.0 Å². The van der Waals surface area contributed by atoms with Gasteiger partial charge in [-0.15, -0.1) is 0 Å². The maximum absolute atomic E-state index is 13.3. The summed E-state index contributed by atoms with van der Waals surface area (Å²) in [6.45, 7) is 9.10. The lowest BCUT2D eigenvalue weighted by molar-refractivity contribution is -0.489. The first-order chi connectivity index (χ1) is 18.6. The van der Waals surface area contributed by atoms with Gasteiger partial charge in [-0.05, 0) is 45.6 Å². The minimum atomic E-state index is -0.904. The second-order valence-electron chi connectivity index (χ2n) is 11.0. The Bertz CT molecular complexity index is 995. The number of nitro groups is 2. The number of esters is 1. The van der Waals surface area contributed by atoms with Gasteiger partial charge in [-0.3, -0.25) is 29.8 Å². The molecule has 0 bridgehead atoms. The van der Waals surface area contributed by atoms with Crippen molar-refractivity contribution < 1.29 is 33.7 Å². The van der Waals surface area contributed by atoms with E-state index in [1.807, 2.05) is 0 Å². The summed E-state index contributed by atoms with van der Waals surface area (Å²) in [5, 5.41) is 28.4. The molecule has 13 nitrogen and oxygen atoms in total. The molecular formula is C27H42N4O9. The van der Waals surface area contributed by atoms with Crippen molar-refractivity contribution in [2.24, 2.45) is 17.8 Å². The summed E-state index contributed by atoms with van der Waals surface area (Å²) in [4.78, 5) is 59.9. The first kappa shape index (κ1) is 34.3. The summed E-state index contributed by atoms with van der Waals surface area (Å²) in [5.74, 6) is -3.31. The first-order valence-corrected chi connectivity index (χ1v) is 13.3. The molecule has 2 N–H and O–H groups in total. The summed E-state index contributed by atoms with van der Waals surface area (Å²) in [7, 11) is 0. The highest BCUT2D eigenvalue weighted by Gasteiger charge is 2.35. The SMILES string of the molecule is CCOC(=O)C[C@@H](C[N+](=O)[O-])[C@H](Cc1ccccc1)NC(=O)C[C@H](C[N+](=O)[O-])[C@@H](NC(=O)OC(C)(C)C)C(C)C. The number of carbonyl (C=O) groups excluding carboxylic acids is 3. The summed E-state index contributed by atoms with van der Waals surface area (Å²) in [5.41, 5.74) is -0.0181. The molecule has 13 heteroatoms. The summed E-state index contributed by atoms with van der Waals surface area (Å²) >= 11 is 0. The topological polar surface area (TPSA) is 180 Å². The minimum Gasteiger partial charge on any atom is -0.466 e. The van der Waals surface area contributed by atoms with Crippen LogP contribution in [0.1, 0.15) is 59.9 Å². The molecule has 0 aromatic heterocycles. The lowest BCUT2D eigenvalue weighted by atomic mass is 9.86. The van der Waals surface area contributed by atoms with Crippen molar-refractivity contribution in [3.8, 4) is 0 Å². The third-order valence-corrected chi connectivity index (χ3v) is 6.07. The van der Waals surface area contributed by atoms with Crippen LogP contribution in [0.3, 0.4) is 0 Å². The third kappa shape index (κ3) is 13.9. The van der Waals surface area contributed by atoms with Gasteiger partial charge in [0.2, 0.25) is 19.0 Å². The number of rotatable bonds is 16. The van der Waals surface area contributed by atoms with Crippen LogP contribution in [0.5, 0.6) is 0 Å². The smallest absolute Gasteiger partial charge is 0.407 e. The fourth-order valence-electron chi connectivity index (χ4n) is 4.44. The summed E-state index contributed by atoms with van der Waals surface area (Å²) < 4.78 is 10.3. The Labute approximate surface area is 234 Å². The molecule has 2 amide bonds. The van der Waals surface area contributed by atoms with Crippen LogP contribution in [-0.4, -0.2) is 65.2 Å². The molecule has 0 radical (unpaired) electrons. The van der Waals surface area contributed by atoms with E-state index in [1.165, 1.54) is 0 Å². The monoisotopic (exact) mass is 566 g/mol. The molecular weight excluding hydrogens is 524 g/mol. The second-order valence-corrected chi connectivity index (χ2v) is 11.0. The zero-order chi connectivity index (χ0) is 30.5. The van der Waals surface area contributed by atoms with Gasteiger partial charge in [0, 0.05) is 28.4 Å². The van der Waals surface area contributed by atoms with E-state index in [-0.39, 0.29) is 31.8 Å². The van der Waals surface area contributed by atoms with E-state index in [0.717, 1.165) is 5.56 Å². The van der Waals surface area contributed by atoms with E-state index in [0.29, 0.717) is 0 Å². The van der Waals surface area contributed by atoms with Crippen LogP contribution in [0, 0.1) is 38.0 Å². The molecule has 0 saturated carbocycles. The maximum atomic E-state index is 13.3. The molecule has 0 fully saturated rings. The van der Waals surface area contributed by atoms with Crippen LogP contribution in [0.15, 0.2) is 30.3 Å². The summed E-state index contributed by atoms with van der Waals surface area (Å²) in [6.07, 6.45) is -1.20. The lowest BCUT2D eigenvalue weighted by Crippen LogP contribution is -2.50. The molecule has 1 aromatic rings.